The summed E-state index contributed by atoms with van der Waals surface area (Å²) in [6.07, 6.45) is 3.52. The molecule has 0 bridgehead atoms. The topological polar surface area (TPSA) is 70.4 Å². The van der Waals surface area contributed by atoms with Crippen molar-refractivity contribution in [2.75, 3.05) is 31.6 Å². The predicted octanol–water partition coefficient (Wildman–Crippen LogP) is 3.40. The Morgan fingerprint density at radius 3 is 2.83 bits per heavy atom. The Morgan fingerprint density at radius 2 is 2.20 bits per heavy atom. The van der Waals surface area contributed by atoms with E-state index in [2.05, 4.69) is 25.6 Å². The SMILES string of the molecule is CN=C(NCCCn1ccnc1)NC1CCN(c2ncc(C(F)(F)F)cc2Cl)C1.I. The number of rotatable bonds is 6. The molecule has 3 rings (SSSR count). The summed E-state index contributed by atoms with van der Waals surface area (Å²) in [5.41, 5.74) is -0.847. The summed E-state index contributed by atoms with van der Waals surface area (Å²) in [7, 11) is 1.70. The number of hydrogen-bond acceptors (Lipinski definition) is 4. The van der Waals surface area contributed by atoms with Crippen molar-refractivity contribution in [3.8, 4) is 0 Å². The second-order valence-electron chi connectivity index (χ2n) is 6.76. The molecule has 1 unspecified atom stereocenters. The van der Waals surface area contributed by atoms with Gasteiger partial charge in [-0.05, 0) is 18.9 Å². The highest BCUT2D eigenvalue weighted by molar-refractivity contribution is 14.0. The third kappa shape index (κ3) is 6.62. The summed E-state index contributed by atoms with van der Waals surface area (Å²) in [6.45, 7) is 2.83. The lowest BCUT2D eigenvalue weighted by Gasteiger charge is -2.21. The second-order valence-corrected chi connectivity index (χ2v) is 7.16. The number of aromatic nitrogens is 3. The maximum Gasteiger partial charge on any atom is 0.417 e. The Kier molecular flexibility index (Phi) is 9.01. The Hall–Kier alpha value is -1.76. The molecule has 1 fully saturated rings. The first-order valence-electron chi connectivity index (χ1n) is 9.27. The molecule has 12 heteroatoms. The van der Waals surface area contributed by atoms with Crippen LogP contribution in [-0.2, 0) is 12.7 Å². The largest absolute Gasteiger partial charge is 0.417 e. The highest BCUT2D eigenvalue weighted by Gasteiger charge is 2.33. The molecule has 1 aliphatic rings. The highest BCUT2D eigenvalue weighted by atomic mass is 127. The van der Waals surface area contributed by atoms with E-state index < -0.39 is 11.7 Å². The maximum absolute atomic E-state index is 12.8. The lowest BCUT2D eigenvalue weighted by Crippen LogP contribution is -2.45. The van der Waals surface area contributed by atoms with Gasteiger partial charge < -0.3 is 20.1 Å². The average Bonchev–Trinajstić information content (AvgIpc) is 3.35. The van der Waals surface area contributed by atoms with Crippen molar-refractivity contribution >= 4 is 47.4 Å². The molecule has 0 aromatic carbocycles. The first-order chi connectivity index (χ1) is 13.9. The quantitative estimate of drug-likeness (QED) is 0.247. The predicted molar refractivity (Wildman–Crippen MR) is 122 cm³/mol. The number of nitrogens with one attached hydrogen (secondary N) is 2. The number of aliphatic imine (C=N–C) groups is 1. The fraction of sp³-hybridized carbons (Fsp3) is 0.500. The summed E-state index contributed by atoms with van der Waals surface area (Å²) in [5.74, 6) is 1.06. The number of aryl methyl sites for hydroxylation is 1. The van der Waals surface area contributed by atoms with Crippen LogP contribution in [0.3, 0.4) is 0 Å². The van der Waals surface area contributed by atoms with Crippen molar-refractivity contribution in [3.63, 3.8) is 0 Å². The maximum atomic E-state index is 12.8. The van der Waals surface area contributed by atoms with Crippen LogP contribution in [0.1, 0.15) is 18.4 Å². The molecular formula is C18H24ClF3IN7. The van der Waals surface area contributed by atoms with Gasteiger partial charge in [-0.1, -0.05) is 11.6 Å². The molecule has 0 aliphatic carbocycles. The van der Waals surface area contributed by atoms with Crippen LogP contribution in [0, 0.1) is 0 Å². The zero-order valence-corrected chi connectivity index (χ0v) is 19.4. The van der Waals surface area contributed by atoms with Crippen molar-refractivity contribution in [2.45, 2.75) is 31.6 Å². The summed E-state index contributed by atoms with van der Waals surface area (Å²) >= 11 is 6.06. The number of imidazole rings is 1. The highest BCUT2D eigenvalue weighted by Crippen LogP contribution is 2.34. The smallest absolute Gasteiger partial charge is 0.356 e. The molecule has 7 nitrogen and oxygen atoms in total. The molecule has 1 aliphatic heterocycles. The van der Waals surface area contributed by atoms with E-state index in [1.54, 1.807) is 19.6 Å². The molecule has 2 aromatic heterocycles. The Bertz CT molecular complexity index is 830. The summed E-state index contributed by atoms with van der Waals surface area (Å²) in [4.78, 5) is 14.1. The van der Waals surface area contributed by atoms with Crippen LogP contribution in [0.25, 0.3) is 0 Å². The molecule has 30 heavy (non-hydrogen) atoms. The van der Waals surface area contributed by atoms with Crippen molar-refractivity contribution in [1.82, 2.24) is 25.2 Å². The molecule has 0 spiro atoms. The molecule has 3 heterocycles. The van der Waals surface area contributed by atoms with E-state index in [9.17, 15) is 13.2 Å². The first kappa shape index (κ1) is 24.5. The van der Waals surface area contributed by atoms with Crippen LogP contribution in [0.15, 0.2) is 36.0 Å². The molecule has 1 atom stereocenters. The second kappa shape index (κ2) is 11.0. The van der Waals surface area contributed by atoms with Gasteiger partial charge in [0.05, 0.1) is 16.9 Å². The van der Waals surface area contributed by atoms with E-state index in [0.29, 0.717) is 24.9 Å². The number of pyridine rings is 1. The van der Waals surface area contributed by atoms with E-state index in [1.165, 1.54) is 0 Å². The monoisotopic (exact) mass is 557 g/mol. The van der Waals surface area contributed by atoms with E-state index in [-0.39, 0.29) is 35.0 Å². The van der Waals surface area contributed by atoms with Crippen molar-refractivity contribution in [3.05, 3.63) is 41.6 Å². The lowest BCUT2D eigenvalue weighted by atomic mass is 10.2. The van der Waals surface area contributed by atoms with Crippen molar-refractivity contribution in [1.29, 1.82) is 0 Å². The van der Waals surface area contributed by atoms with Gasteiger partial charge in [0.1, 0.15) is 5.82 Å². The van der Waals surface area contributed by atoms with Crippen LogP contribution >= 0.6 is 35.6 Å². The number of guanidine groups is 1. The van der Waals surface area contributed by atoms with Gasteiger partial charge in [0.2, 0.25) is 0 Å². The molecule has 2 aromatic rings. The fourth-order valence-corrected chi connectivity index (χ4v) is 3.45. The van der Waals surface area contributed by atoms with Gasteiger partial charge >= 0.3 is 6.18 Å². The summed E-state index contributed by atoms with van der Waals surface area (Å²) < 4.78 is 40.4. The van der Waals surface area contributed by atoms with Crippen LogP contribution in [0.5, 0.6) is 0 Å². The minimum absolute atomic E-state index is 0. The fourth-order valence-electron chi connectivity index (χ4n) is 3.16. The van der Waals surface area contributed by atoms with E-state index in [1.807, 2.05) is 15.7 Å². The molecule has 0 saturated carbocycles. The van der Waals surface area contributed by atoms with E-state index >= 15 is 0 Å². The Morgan fingerprint density at radius 1 is 1.40 bits per heavy atom. The number of hydrogen-bond donors (Lipinski definition) is 2. The number of anilines is 1. The lowest BCUT2D eigenvalue weighted by molar-refractivity contribution is -0.137. The van der Waals surface area contributed by atoms with Gasteiger partial charge in [0.15, 0.2) is 5.96 Å². The Balaban J connectivity index is 0.00000320. The third-order valence-electron chi connectivity index (χ3n) is 4.65. The molecule has 166 valence electrons. The number of halogens is 5. The standard InChI is InChI=1S/C18H23ClF3N7.HI/c1-23-17(25-4-2-6-28-8-5-24-12-28)27-14-3-7-29(11-14)16-15(19)9-13(10-26-16)18(20,21)22;/h5,8-10,12,14H,2-4,6-7,11H2,1H3,(H2,23,25,27);1H. The van der Waals surface area contributed by atoms with Gasteiger partial charge in [-0.3, -0.25) is 4.99 Å². The van der Waals surface area contributed by atoms with E-state index in [0.717, 1.165) is 38.2 Å². The third-order valence-corrected chi connectivity index (χ3v) is 4.92. The Labute approximate surface area is 195 Å². The average molecular weight is 558 g/mol. The minimum Gasteiger partial charge on any atom is -0.356 e. The molecule has 2 N–H and O–H groups in total. The number of alkyl halides is 3. The molecular weight excluding hydrogens is 534 g/mol. The molecule has 0 radical (unpaired) electrons. The van der Waals surface area contributed by atoms with Crippen LogP contribution in [-0.4, -0.2) is 53.2 Å². The van der Waals surface area contributed by atoms with Crippen LogP contribution in [0.2, 0.25) is 5.02 Å². The van der Waals surface area contributed by atoms with Gasteiger partial charge in [-0.15, -0.1) is 24.0 Å². The molecule has 1 saturated heterocycles. The van der Waals surface area contributed by atoms with Crippen molar-refractivity contribution < 1.29 is 13.2 Å². The minimum atomic E-state index is -4.46. The zero-order chi connectivity index (χ0) is 20.9. The van der Waals surface area contributed by atoms with Gasteiger partial charge in [0.25, 0.3) is 0 Å². The summed E-state index contributed by atoms with van der Waals surface area (Å²) in [5, 5.41) is 6.61. The van der Waals surface area contributed by atoms with Gasteiger partial charge in [-0.2, -0.15) is 13.2 Å². The first-order valence-corrected chi connectivity index (χ1v) is 9.65. The zero-order valence-electron chi connectivity index (χ0n) is 16.4. The summed E-state index contributed by atoms with van der Waals surface area (Å²) in [6, 6.07) is 1.01. The van der Waals surface area contributed by atoms with E-state index in [4.69, 9.17) is 11.6 Å². The number of nitrogens with zero attached hydrogens (tertiary/aromatic N) is 5. The van der Waals surface area contributed by atoms with Crippen LogP contribution in [0.4, 0.5) is 19.0 Å². The normalized spacial score (nSPS) is 17.0. The van der Waals surface area contributed by atoms with Gasteiger partial charge in [0, 0.05) is 57.9 Å². The van der Waals surface area contributed by atoms with Crippen molar-refractivity contribution in [2.24, 2.45) is 4.99 Å². The molecule has 0 amide bonds. The van der Waals surface area contributed by atoms with Gasteiger partial charge in [-0.25, -0.2) is 9.97 Å². The van der Waals surface area contributed by atoms with Crippen LogP contribution < -0.4 is 15.5 Å².